The number of hydrogen-bond acceptors (Lipinski definition) is 3. The molecule has 0 saturated carbocycles. The number of benzene rings is 1. The summed E-state index contributed by atoms with van der Waals surface area (Å²) in [6.07, 6.45) is -4.77. The zero-order valence-corrected chi connectivity index (χ0v) is 15.2. The highest BCUT2D eigenvalue weighted by molar-refractivity contribution is 7.51. The van der Waals surface area contributed by atoms with Crippen molar-refractivity contribution in [2.45, 2.75) is 18.5 Å². The van der Waals surface area contributed by atoms with Crippen LogP contribution in [0.15, 0.2) is 0 Å². The van der Waals surface area contributed by atoms with Crippen LogP contribution in [0.2, 0.25) is 0 Å². The number of halogens is 3. The maximum atomic E-state index is 14.1. The molecular weight excluding hydrogens is 434 g/mol. The quantitative estimate of drug-likeness (QED) is 0.306. The van der Waals surface area contributed by atoms with Crippen molar-refractivity contribution < 1.29 is 67.2 Å². The Balaban J connectivity index is 0. The molecule has 0 spiro atoms. The van der Waals surface area contributed by atoms with Gasteiger partial charge in [-0.2, -0.15) is 0 Å². The van der Waals surface area contributed by atoms with Gasteiger partial charge in [-0.25, -0.2) is 13.2 Å². The molecule has 10 N–H and O–H groups in total. The Morgan fingerprint density at radius 2 is 0.692 bits per heavy atom. The van der Waals surface area contributed by atoms with E-state index >= 15 is 0 Å². The molecule has 154 valence electrons. The molecule has 0 aromatic heterocycles. The van der Waals surface area contributed by atoms with Crippen LogP contribution in [0.4, 0.5) is 13.2 Å². The van der Waals surface area contributed by atoms with Crippen LogP contribution in [-0.4, -0.2) is 40.3 Å². The van der Waals surface area contributed by atoms with E-state index in [9.17, 15) is 26.9 Å². The van der Waals surface area contributed by atoms with E-state index in [0.717, 1.165) is 0 Å². The van der Waals surface area contributed by atoms with E-state index in [1.165, 1.54) is 0 Å². The van der Waals surface area contributed by atoms with E-state index in [1.807, 2.05) is 0 Å². The fourth-order valence-electron chi connectivity index (χ4n) is 1.87. The van der Waals surface area contributed by atoms with Gasteiger partial charge >= 0.3 is 22.8 Å². The van der Waals surface area contributed by atoms with Crippen molar-refractivity contribution in [1.82, 2.24) is 0 Å². The Hall–Kier alpha value is -0.620. The summed E-state index contributed by atoms with van der Waals surface area (Å²) in [7, 11) is -15.3. The van der Waals surface area contributed by atoms with E-state index in [2.05, 4.69) is 0 Å². The molecular formula is C9H16F3O11P3. The van der Waals surface area contributed by atoms with Crippen molar-refractivity contribution in [3.8, 4) is 0 Å². The molecule has 0 aliphatic rings. The normalized spacial score (nSPS) is 12.3. The van der Waals surface area contributed by atoms with Gasteiger partial charge in [0.2, 0.25) is 0 Å². The zero-order chi connectivity index (χ0) is 19.1. The van der Waals surface area contributed by atoms with Crippen LogP contribution in [0, 0.1) is 17.5 Å². The van der Waals surface area contributed by atoms with Crippen LogP contribution < -0.4 is 0 Å². The second kappa shape index (κ2) is 9.05. The first kappa shape index (κ1) is 27.6. The largest absolute Gasteiger partial charge is 0.412 e. The van der Waals surface area contributed by atoms with Crippen molar-refractivity contribution in [3.63, 3.8) is 0 Å². The lowest BCUT2D eigenvalue weighted by molar-refractivity contribution is 0.367. The average molecular weight is 450 g/mol. The molecule has 0 aliphatic heterocycles. The van der Waals surface area contributed by atoms with Crippen LogP contribution in [0.25, 0.3) is 0 Å². The van der Waals surface area contributed by atoms with Crippen molar-refractivity contribution in [2.24, 2.45) is 0 Å². The van der Waals surface area contributed by atoms with Crippen molar-refractivity contribution in [2.75, 3.05) is 0 Å². The van der Waals surface area contributed by atoms with Crippen molar-refractivity contribution in [1.29, 1.82) is 0 Å². The molecule has 0 heterocycles. The second-order valence-corrected chi connectivity index (χ2v) is 9.78. The van der Waals surface area contributed by atoms with Gasteiger partial charge in [0.15, 0.2) is 0 Å². The Morgan fingerprint density at radius 1 is 0.538 bits per heavy atom. The van der Waals surface area contributed by atoms with Gasteiger partial charge in [0, 0.05) is 16.7 Å². The van der Waals surface area contributed by atoms with Gasteiger partial charge in [-0.1, -0.05) is 0 Å². The molecule has 0 unspecified atom stereocenters. The third-order valence-corrected chi connectivity index (χ3v) is 4.87. The fraction of sp³-hybridized carbons (Fsp3) is 0.333. The molecule has 1 aromatic carbocycles. The maximum absolute atomic E-state index is 14.1. The molecule has 11 nitrogen and oxygen atoms in total. The summed E-state index contributed by atoms with van der Waals surface area (Å²) in [6, 6.07) is 0. The van der Waals surface area contributed by atoms with Gasteiger partial charge in [0.05, 0.1) is 18.5 Å². The smallest absolute Gasteiger partial charge is 0.330 e. The molecule has 0 amide bonds. The minimum Gasteiger partial charge on any atom is -0.412 e. The third kappa shape index (κ3) is 7.95. The first-order valence-electron chi connectivity index (χ1n) is 5.82. The van der Waals surface area contributed by atoms with E-state index in [4.69, 9.17) is 29.4 Å². The minimum atomic E-state index is -5.09. The summed E-state index contributed by atoms with van der Waals surface area (Å²) in [5.41, 5.74) is -4.26. The molecule has 0 aliphatic carbocycles. The summed E-state index contributed by atoms with van der Waals surface area (Å²) in [5.74, 6) is -5.82. The average Bonchev–Trinajstić information content (AvgIpc) is 2.32. The maximum Gasteiger partial charge on any atom is 0.330 e. The lowest BCUT2D eigenvalue weighted by atomic mass is 10.0. The van der Waals surface area contributed by atoms with E-state index in [-0.39, 0.29) is 11.0 Å². The van der Waals surface area contributed by atoms with Crippen LogP contribution in [0.1, 0.15) is 16.7 Å². The predicted molar refractivity (Wildman–Crippen MR) is 80.8 cm³/mol. The predicted octanol–water partition coefficient (Wildman–Crippen LogP) is -0.512. The molecule has 1 rings (SSSR count). The van der Waals surface area contributed by atoms with Gasteiger partial charge in [-0.05, 0) is 0 Å². The molecule has 0 saturated heterocycles. The number of hydrogen-bond donors (Lipinski definition) is 6. The first-order valence-corrected chi connectivity index (χ1v) is 11.2. The molecule has 0 bridgehead atoms. The topological polar surface area (TPSA) is 236 Å². The van der Waals surface area contributed by atoms with Gasteiger partial charge in [-0.3, -0.25) is 13.7 Å². The van der Waals surface area contributed by atoms with Crippen LogP contribution >= 0.6 is 22.8 Å². The molecule has 0 fully saturated rings. The fourth-order valence-corrected chi connectivity index (χ4v) is 3.94. The van der Waals surface area contributed by atoms with E-state index in [1.54, 1.807) is 0 Å². The third-order valence-electron chi connectivity index (χ3n) is 2.68. The Morgan fingerprint density at radius 3 is 0.808 bits per heavy atom. The SMILES string of the molecule is O.O.O=P(O)(O)Cc1c(F)c(CP(=O)(O)O)c(F)c(CP(=O)(O)O)c1F. The highest BCUT2D eigenvalue weighted by Gasteiger charge is 2.33. The van der Waals surface area contributed by atoms with Crippen LogP contribution in [-0.2, 0) is 32.2 Å². The highest BCUT2D eigenvalue weighted by Crippen LogP contribution is 2.48. The van der Waals surface area contributed by atoms with Gasteiger partial charge < -0.3 is 40.3 Å². The highest BCUT2D eigenvalue weighted by atomic mass is 31.2. The molecule has 0 atom stereocenters. The summed E-state index contributed by atoms with van der Waals surface area (Å²) in [5, 5.41) is 0. The standard InChI is InChI=1S/C9H12F3O9P3.2H2O/c10-7-4(1-22(13,14)15)8(11)6(3-24(19,20)21)9(12)5(7)2-23(16,17)18;;/h1-3H2,(H2,13,14,15)(H2,16,17,18)(H2,19,20,21);2*1H2. The number of rotatable bonds is 6. The lowest BCUT2D eigenvalue weighted by Crippen LogP contribution is -2.11. The molecule has 17 heteroatoms. The first-order chi connectivity index (χ1) is 10.5. The van der Waals surface area contributed by atoms with Gasteiger partial charge in [0.25, 0.3) is 0 Å². The molecule has 0 radical (unpaired) electrons. The Kier molecular flexibility index (Phi) is 9.60. The van der Waals surface area contributed by atoms with Crippen LogP contribution in [0.5, 0.6) is 0 Å². The van der Waals surface area contributed by atoms with Gasteiger partial charge in [0.1, 0.15) is 17.5 Å². The lowest BCUT2D eigenvalue weighted by Gasteiger charge is -2.17. The van der Waals surface area contributed by atoms with E-state index < -0.39 is 75.4 Å². The summed E-state index contributed by atoms with van der Waals surface area (Å²) in [6.45, 7) is 0. The van der Waals surface area contributed by atoms with Crippen LogP contribution in [0.3, 0.4) is 0 Å². The Bertz CT molecular complexity index is 670. The summed E-state index contributed by atoms with van der Waals surface area (Å²) in [4.78, 5) is 52.9. The van der Waals surface area contributed by atoms with Crippen molar-refractivity contribution in [3.05, 3.63) is 34.1 Å². The summed E-state index contributed by atoms with van der Waals surface area (Å²) < 4.78 is 75.2. The second-order valence-electron chi connectivity index (χ2n) is 4.85. The van der Waals surface area contributed by atoms with Gasteiger partial charge in [-0.15, -0.1) is 0 Å². The zero-order valence-electron chi connectivity index (χ0n) is 12.5. The molecule has 26 heavy (non-hydrogen) atoms. The monoisotopic (exact) mass is 450 g/mol. The van der Waals surface area contributed by atoms with Crippen molar-refractivity contribution >= 4 is 22.8 Å². The Labute approximate surface area is 143 Å². The molecule has 1 aromatic rings. The summed E-state index contributed by atoms with van der Waals surface area (Å²) >= 11 is 0. The van der Waals surface area contributed by atoms with E-state index in [0.29, 0.717) is 0 Å². The minimum absolute atomic E-state index is 0.